The van der Waals surface area contributed by atoms with E-state index in [-0.39, 0.29) is 39.9 Å². The van der Waals surface area contributed by atoms with Crippen LogP contribution in [0.4, 0.5) is 5.13 Å². The molecule has 2 atom stereocenters. The van der Waals surface area contributed by atoms with E-state index in [0.717, 1.165) is 23.6 Å². The van der Waals surface area contributed by atoms with Gasteiger partial charge in [0.25, 0.3) is 17.7 Å². The Balaban J connectivity index is 1.18. The van der Waals surface area contributed by atoms with Crippen molar-refractivity contribution < 1.29 is 48.6 Å². The number of quaternary nitrogens is 1. The van der Waals surface area contributed by atoms with E-state index in [9.17, 15) is 44.1 Å². The molecule has 18 nitrogen and oxygen atoms in total. The van der Waals surface area contributed by atoms with Crippen LogP contribution in [-0.4, -0.2) is 136 Å². The number of aromatic amines is 1. The zero-order chi connectivity index (χ0) is 36.1. The first-order valence-electron chi connectivity index (χ1n) is 15.6. The summed E-state index contributed by atoms with van der Waals surface area (Å²) in [6.45, 7) is 5.10. The number of aliphatic carboxylic acids is 2. The number of fused-ring (bicyclic) bond motifs is 5. The number of carboxylic acids is 2. The average Bonchev–Trinajstić information content (AvgIpc) is 3.32. The Morgan fingerprint density at radius 3 is 2.54 bits per heavy atom. The van der Waals surface area contributed by atoms with Crippen molar-refractivity contribution in [3.05, 3.63) is 50.5 Å². The fraction of sp³-hybridized carbons (Fsp3) is 0.467. The highest BCUT2D eigenvalue weighted by Crippen LogP contribution is 2.42. The van der Waals surface area contributed by atoms with Gasteiger partial charge in [-0.3, -0.25) is 24.1 Å². The number of thioether (sulfide) groups is 1. The summed E-state index contributed by atoms with van der Waals surface area (Å²) in [5.41, 5.74) is 3.40. The third-order valence-electron chi connectivity index (χ3n) is 9.44. The molecule has 2 aromatic heterocycles. The third-order valence-corrected chi connectivity index (χ3v) is 11.4. The van der Waals surface area contributed by atoms with Crippen molar-refractivity contribution in [2.45, 2.75) is 49.7 Å². The maximum Gasteiger partial charge on any atom is 0.352 e. The zero-order valence-corrected chi connectivity index (χ0v) is 28.6. The standard InChI is InChI=1S/C30H34N8O10S2/c1-30(2,28(46)47)48-35-20(17-13-50-29(31)33-17)23(41)34-21-25(43)37-22(27(44)45)14(12-49-26(21)37)11-38-6-3-15(4-7-38)36(5-8-38)24(42)16-9-18(39)19(40)10-32-16/h9-10,13,15,21,26H,3-8,11-12H2,1-2H3,(H6-,31,32,33,34,35,39,40,41,42,44,45,46,47)/p+1/t15?,21-,26-,38?/m1/s1. The lowest BCUT2D eigenvalue weighted by molar-refractivity contribution is -0.924. The molecule has 266 valence electrons. The number of nitrogens with two attached hydrogens (primary N) is 1. The van der Waals surface area contributed by atoms with Gasteiger partial charge >= 0.3 is 11.9 Å². The molecule has 7 rings (SSSR count). The van der Waals surface area contributed by atoms with Crippen LogP contribution in [0.5, 0.6) is 5.75 Å². The minimum atomic E-state index is -1.79. The number of nitrogens with zero attached hydrogens (tertiary/aromatic N) is 5. The van der Waals surface area contributed by atoms with Crippen LogP contribution in [-0.2, 0) is 24.0 Å². The number of carbonyl (C=O) groups is 5. The van der Waals surface area contributed by atoms with Gasteiger partial charge in [-0.15, -0.1) is 23.1 Å². The minimum absolute atomic E-state index is 0.00582. The summed E-state index contributed by atoms with van der Waals surface area (Å²) in [4.78, 5) is 91.2. The number of hydrogen-bond acceptors (Lipinski definition) is 13. The van der Waals surface area contributed by atoms with E-state index in [4.69, 9.17) is 10.6 Å². The van der Waals surface area contributed by atoms with Crippen molar-refractivity contribution in [3.63, 3.8) is 0 Å². The smallest absolute Gasteiger partial charge is 0.352 e. The fourth-order valence-electron chi connectivity index (χ4n) is 6.61. The van der Waals surface area contributed by atoms with E-state index in [1.165, 1.54) is 35.9 Å². The van der Waals surface area contributed by atoms with Gasteiger partial charge in [-0.05, 0) is 13.8 Å². The van der Waals surface area contributed by atoms with Gasteiger partial charge in [0.2, 0.25) is 11.0 Å². The molecule has 0 saturated carbocycles. The Morgan fingerprint density at radius 1 is 1.20 bits per heavy atom. The second-order valence-electron chi connectivity index (χ2n) is 13.0. The molecule has 2 aromatic rings. The molecule has 0 unspecified atom stereocenters. The molecule has 0 aliphatic carbocycles. The lowest BCUT2D eigenvalue weighted by Gasteiger charge is -2.50. The number of thiazole rings is 1. The monoisotopic (exact) mass is 731 g/mol. The van der Waals surface area contributed by atoms with Gasteiger partial charge in [0, 0.05) is 47.9 Å². The summed E-state index contributed by atoms with van der Waals surface area (Å²) in [6.07, 6.45) is 2.42. The summed E-state index contributed by atoms with van der Waals surface area (Å²) < 4.78 is 0.523. The molecular formula is C30H35N8O10S2+. The van der Waals surface area contributed by atoms with Crippen LogP contribution in [0.3, 0.4) is 0 Å². The Hall–Kier alpha value is -4.95. The van der Waals surface area contributed by atoms with E-state index in [1.807, 2.05) is 0 Å². The predicted molar refractivity (Wildman–Crippen MR) is 178 cm³/mol. The summed E-state index contributed by atoms with van der Waals surface area (Å²) in [7, 11) is 0. The summed E-state index contributed by atoms with van der Waals surface area (Å²) in [5.74, 6) is -4.68. The number of β-lactam (4-membered cyclic amide) rings is 1. The van der Waals surface area contributed by atoms with Crippen molar-refractivity contribution in [1.29, 1.82) is 0 Å². The molecule has 0 radical (unpaired) electrons. The number of carbonyl (C=O) groups excluding carboxylic acids is 3. The number of aromatic nitrogens is 2. The second kappa shape index (κ2) is 13.1. The number of aromatic hydroxyl groups is 1. The molecule has 4 fully saturated rings. The zero-order valence-electron chi connectivity index (χ0n) is 27.0. The Labute approximate surface area is 292 Å². The second-order valence-corrected chi connectivity index (χ2v) is 15.0. The van der Waals surface area contributed by atoms with E-state index < -0.39 is 57.7 Å². The number of nitrogens with one attached hydrogen (secondary N) is 2. The number of hydrogen-bond donors (Lipinski definition) is 6. The predicted octanol–water partition coefficient (Wildman–Crippen LogP) is -0.423. The lowest BCUT2D eigenvalue weighted by Crippen LogP contribution is -2.71. The first-order chi connectivity index (χ1) is 23.6. The van der Waals surface area contributed by atoms with Crippen LogP contribution in [0.2, 0.25) is 0 Å². The van der Waals surface area contributed by atoms with Crippen molar-refractivity contribution in [2.24, 2.45) is 5.16 Å². The first kappa shape index (κ1) is 34.9. The quantitative estimate of drug-likeness (QED) is 0.0786. The topological polar surface area (TPSA) is 258 Å². The number of piperidine rings is 1. The fourth-order valence-corrected chi connectivity index (χ4v) is 8.49. The van der Waals surface area contributed by atoms with Crippen molar-refractivity contribution in [1.82, 2.24) is 25.1 Å². The molecule has 20 heteroatoms. The largest absolute Gasteiger partial charge is 0.503 e. The third kappa shape index (κ3) is 6.40. The highest BCUT2D eigenvalue weighted by Gasteiger charge is 2.55. The number of pyridine rings is 1. The average molecular weight is 732 g/mol. The minimum Gasteiger partial charge on any atom is -0.503 e. The number of amides is 3. The Morgan fingerprint density at radius 2 is 1.92 bits per heavy atom. The van der Waals surface area contributed by atoms with Gasteiger partial charge in [0.15, 0.2) is 16.6 Å². The maximum absolute atomic E-state index is 13.5. The van der Waals surface area contributed by atoms with Crippen molar-refractivity contribution in [2.75, 3.05) is 44.2 Å². The number of anilines is 1. The van der Waals surface area contributed by atoms with Crippen LogP contribution < -0.4 is 16.5 Å². The molecule has 5 aliphatic heterocycles. The lowest BCUT2D eigenvalue weighted by atomic mass is 9.99. The van der Waals surface area contributed by atoms with Crippen LogP contribution in [0, 0.1) is 0 Å². The van der Waals surface area contributed by atoms with Crippen LogP contribution >= 0.6 is 23.1 Å². The number of carboxylic acid groups (broad SMARTS) is 2. The highest BCUT2D eigenvalue weighted by molar-refractivity contribution is 8.00. The highest BCUT2D eigenvalue weighted by atomic mass is 32.2. The molecule has 7 heterocycles. The van der Waals surface area contributed by atoms with Crippen LogP contribution in [0.25, 0.3) is 0 Å². The van der Waals surface area contributed by atoms with Crippen molar-refractivity contribution in [3.8, 4) is 5.75 Å². The van der Waals surface area contributed by atoms with E-state index in [0.29, 0.717) is 55.6 Å². The molecule has 2 bridgehead atoms. The van der Waals surface area contributed by atoms with Gasteiger partial charge in [0.05, 0.1) is 26.2 Å². The van der Waals surface area contributed by atoms with Gasteiger partial charge in [0.1, 0.15) is 35.0 Å². The van der Waals surface area contributed by atoms with Gasteiger partial charge in [-0.2, -0.15) is 0 Å². The normalized spacial score (nSPS) is 25.0. The molecule has 7 N–H and O–H groups in total. The maximum atomic E-state index is 13.5. The summed E-state index contributed by atoms with van der Waals surface area (Å²) in [5, 5.41) is 36.4. The number of oxime groups is 1. The number of H-pyrrole nitrogens is 1. The van der Waals surface area contributed by atoms with E-state index in [2.05, 4.69) is 20.4 Å². The Kier molecular flexibility index (Phi) is 9.12. The molecule has 3 amide bonds. The van der Waals surface area contributed by atoms with Crippen molar-refractivity contribution >= 4 is 63.6 Å². The molecule has 0 spiro atoms. The molecule has 5 aliphatic rings. The SMILES string of the molecule is CC(C)(O/N=C(/C(=O)N[C@@H]1C(=O)N2C(C(=O)O)=C(C[N+]34CCC(CC3)N(C(=O)c3cc(=O)c(O)c[nH]3)CC4)CS[C@H]12)c1csc(N)n1)C(=O)O. The molecule has 4 saturated heterocycles. The molecule has 50 heavy (non-hydrogen) atoms. The number of nitrogen functional groups attached to an aromatic ring is 1. The Bertz CT molecular complexity index is 1900. The van der Waals surface area contributed by atoms with Gasteiger partial charge < -0.3 is 45.6 Å². The summed E-state index contributed by atoms with van der Waals surface area (Å²) >= 11 is 2.32. The molecular weight excluding hydrogens is 697 g/mol. The van der Waals surface area contributed by atoms with E-state index >= 15 is 0 Å². The number of rotatable bonds is 10. The van der Waals surface area contributed by atoms with Crippen LogP contribution in [0.15, 0.2) is 38.9 Å². The first-order valence-corrected chi connectivity index (χ1v) is 17.5. The molecule has 0 aromatic carbocycles. The van der Waals surface area contributed by atoms with Gasteiger partial charge in [-0.1, -0.05) is 5.16 Å². The van der Waals surface area contributed by atoms with Gasteiger partial charge in [-0.25, -0.2) is 14.6 Å². The van der Waals surface area contributed by atoms with Crippen LogP contribution in [0.1, 0.15) is 42.9 Å². The van der Waals surface area contributed by atoms with E-state index in [1.54, 1.807) is 4.90 Å². The summed E-state index contributed by atoms with van der Waals surface area (Å²) in [6, 6.07) is -0.0956.